The van der Waals surface area contributed by atoms with Crippen LogP contribution in [0.15, 0.2) is 0 Å². The number of carbonyl (C=O) groups is 3. The highest BCUT2D eigenvalue weighted by molar-refractivity contribution is 5.68. The molecule has 0 saturated carbocycles. The Balaban J connectivity index is 2.61. The van der Waals surface area contributed by atoms with E-state index in [1.165, 1.54) is 162 Å². The molecule has 348 valence electrons. The minimum atomic E-state index is -1.07. The van der Waals surface area contributed by atoms with E-state index in [1.807, 2.05) is 6.92 Å². The lowest BCUT2D eigenvalue weighted by atomic mass is 9.96. The predicted molar refractivity (Wildman–Crippen MR) is 241 cm³/mol. The molecular weight excluding hydrogens is 747 g/mol. The fourth-order valence-corrected chi connectivity index (χ4v) is 8.23. The number of nitrogens with zero attached hydrogens (tertiary/aromatic N) is 3. The van der Waals surface area contributed by atoms with E-state index >= 15 is 0 Å². The molecule has 1 aliphatic heterocycles. The summed E-state index contributed by atoms with van der Waals surface area (Å²) in [5.74, 6) is -1.67. The molecule has 5 atom stereocenters. The van der Waals surface area contributed by atoms with Crippen LogP contribution in [0.3, 0.4) is 0 Å². The largest absolute Gasteiger partial charge is 0.456 e. The van der Waals surface area contributed by atoms with Gasteiger partial charge in [0.15, 0.2) is 24.6 Å². The van der Waals surface area contributed by atoms with Gasteiger partial charge >= 0.3 is 17.9 Å². The van der Waals surface area contributed by atoms with Crippen LogP contribution >= 0.6 is 0 Å². The van der Waals surface area contributed by atoms with E-state index in [9.17, 15) is 14.4 Å². The number of rotatable bonds is 39. The molecule has 0 aromatic rings. The van der Waals surface area contributed by atoms with Gasteiger partial charge in [0.2, 0.25) is 0 Å². The van der Waals surface area contributed by atoms with Gasteiger partial charge in [-0.1, -0.05) is 136 Å². The quantitative estimate of drug-likeness (QED) is 0.0335. The Kier molecular flexibility index (Phi) is 34.5. The van der Waals surface area contributed by atoms with E-state index in [-0.39, 0.29) is 0 Å². The molecule has 1 fully saturated rings. The second kappa shape index (κ2) is 36.8. The van der Waals surface area contributed by atoms with Gasteiger partial charge in [0.1, 0.15) is 6.10 Å². The highest BCUT2D eigenvalue weighted by Crippen LogP contribution is 2.31. The van der Waals surface area contributed by atoms with Gasteiger partial charge < -0.3 is 38.4 Å². The SMILES string of the molecule is CCCCCCCCCCCCN(C)CCCN(C)CCCN(CCCCCCCCCCCC)CCCOC1OC(CC)C(OC(C)=O)C(OC(C)=O)C1OC(C)=O. The molecule has 5 unspecified atom stereocenters. The topological polar surface area (TPSA) is 107 Å². The molecule has 0 spiro atoms. The zero-order valence-electron chi connectivity index (χ0n) is 39.6. The predicted octanol–water partition coefficient (Wildman–Crippen LogP) is 10.1. The van der Waals surface area contributed by atoms with Crippen molar-refractivity contribution in [3.05, 3.63) is 0 Å². The third-order valence-electron chi connectivity index (χ3n) is 11.6. The number of ether oxygens (including phenoxy) is 5. The van der Waals surface area contributed by atoms with Crippen molar-refractivity contribution in [1.82, 2.24) is 14.7 Å². The maximum absolute atomic E-state index is 12.2. The number of hydrogen-bond acceptors (Lipinski definition) is 11. The summed E-state index contributed by atoms with van der Waals surface area (Å²) in [5.41, 5.74) is 0. The molecule has 11 heteroatoms. The monoisotopic (exact) mass is 840 g/mol. The minimum absolute atomic E-state index is 0.380. The van der Waals surface area contributed by atoms with Crippen LogP contribution in [0.1, 0.15) is 196 Å². The van der Waals surface area contributed by atoms with E-state index in [0.717, 1.165) is 52.1 Å². The number of carbonyl (C=O) groups excluding carboxylic acids is 3. The van der Waals surface area contributed by atoms with Crippen LogP contribution in [0.4, 0.5) is 0 Å². The molecule has 1 heterocycles. The molecule has 0 aromatic carbocycles. The molecule has 1 aliphatic rings. The van der Waals surface area contributed by atoms with Gasteiger partial charge in [0.05, 0.1) is 6.61 Å². The highest BCUT2D eigenvalue weighted by atomic mass is 16.7. The molecule has 59 heavy (non-hydrogen) atoms. The number of hydrogen-bond donors (Lipinski definition) is 0. The third-order valence-corrected chi connectivity index (χ3v) is 11.6. The lowest BCUT2D eigenvalue weighted by molar-refractivity contribution is -0.304. The van der Waals surface area contributed by atoms with Crippen LogP contribution in [0.5, 0.6) is 0 Å². The summed E-state index contributed by atoms with van der Waals surface area (Å²) in [7, 11) is 4.53. The van der Waals surface area contributed by atoms with E-state index in [1.54, 1.807) is 0 Å². The first-order chi connectivity index (χ1) is 28.5. The zero-order chi connectivity index (χ0) is 43.5. The smallest absolute Gasteiger partial charge is 0.303 e. The van der Waals surface area contributed by atoms with Crippen molar-refractivity contribution >= 4 is 17.9 Å². The maximum atomic E-state index is 12.2. The Hall–Kier alpha value is -1.79. The van der Waals surface area contributed by atoms with E-state index < -0.39 is 48.6 Å². The first-order valence-electron chi connectivity index (χ1n) is 24.4. The Labute approximate surface area is 362 Å². The fraction of sp³-hybridized carbons (Fsp3) is 0.938. The molecule has 0 aliphatic carbocycles. The van der Waals surface area contributed by atoms with Crippen LogP contribution in [0, 0.1) is 0 Å². The van der Waals surface area contributed by atoms with Crippen molar-refractivity contribution in [2.45, 2.75) is 226 Å². The molecule has 0 radical (unpaired) electrons. The Morgan fingerprint density at radius 2 is 0.797 bits per heavy atom. The number of unbranched alkanes of at least 4 members (excludes halogenated alkanes) is 18. The van der Waals surface area contributed by atoms with Crippen molar-refractivity contribution in [2.24, 2.45) is 0 Å². The summed E-state index contributed by atoms with van der Waals surface area (Å²) in [4.78, 5) is 43.8. The lowest BCUT2D eigenvalue weighted by Gasteiger charge is -2.44. The van der Waals surface area contributed by atoms with Crippen molar-refractivity contribution in [3.8, 4) is 0 Å². The van der Waals surface area contributed by atoms with E-state index in [2.05, 4.69) is 42.6 Å². The van der Waals surface area contributed by atoms with Gasteiger partial charge in [-0.15, -0.1) is 0 Å². The molecule has 0 aromatic heterocycles. The van der Waals surface area contributed by atoms with Crippen LogP contribution in [0.25, 0.3) is 0 Å². The minimum Gasteiger partial charge on any atom is -0.456 e. The van der Waals surface area contributed by atoms with Crippen LogP contribution in [0.2, 0.25) is 0 Å². The summed E-state index contributed by atoms with van der Waals surface area (Å²) in [6.07, 6.45) is 26.0. The lowest BCUT2D eigenvalue weighted by Crippen LogP contribution is -2.61. The van der Waals surface area contributed by atoms with Gasteiger partial charge in [0, 0.05) is 27.3 Å². The molecule has 0 bridgehead atoms. The fourth-order valence-electron chi connectivity index (χ4n) is 8.23. The normalized spacial score (nSPS) is 19.5. The summed E-state index contributed by atoms with van der Waals surface area (Å²) < 4.78 is 29.2. The van der Waals surface area contributed by atoms with Crippen molar-refractivity contribution in [1.29, 1.82) is 0 Å². The van der Waals surface area contributed by atoms with Crippen molar-refractivity contribution in [2.75, 3.05) is 66.5 Å². The molecule has 0 N–H and O–H groups in total. The van der Waals surface area contributed by atoms with Gasteiger partial charge in [-0.2, -0.15) is 0 Å². The van der Waals surface area contributed by atoms with Crippen molar-refractivity contribution < 1.29 is 38.1 Å². The van der Waals surface area contributed by atoms with Crippen LogP contribution in [-0.4, -0.2) is 130 Å². The summed E-state index contributed by atoms with van der Waals surface area (Å²) in [6.45, 7) is 18.2. The van der Waals surface area contributed by atoms with Crippen LogP contribution in [-0.2, 0) is 38.1 Å². The second-order valence-electron chi connectivity index (χ2n) is 17.4. The standard InChI is InChI=1S/C48H93N3O8/c1-9-12-14-16-18-20-22-24-26-28-33-49(7)34-30-35-50(8)36-31-38-51(37-29-27-25-23-21-19-17-15-13-10-2)39-32-40-55-48-47(58-43(6)54)46(57-42(5)53)45(56-41(4)52)44(11-3)59-48/h44-48H,9-40H2,1-8H3. The summed E-state index contributed by atoms with van der Waals surface area (Å²) in [5, 5.41) is 0. The third kappa shape index (κ3) is 29.2. The average Bonchev–Trinajstić information content (AvgIpc) is 3.18. The van der Waals surface area contributed by atoms with Gasteiger partial charge in [-0.3, -0.25) is 14.4 Å². The first kappa shape index (κ1) is 55.2. The van der Waals surface area contributed by atoms with Gasteiger partial charge in [-0.05, 0) is 91.9 Å². The Morgan fingerprint density at radius 1 is 0.441 bits per heavy atom. The van der Waals surface area contributed by atoms with Gasteiger partial charge in [0.25, 0.3) is 0 Å². The highest BCUT2D eigenvalue weighted by Gasteiger charge is 2.51. The van der Waals surface area contributed by atoms with E-state index in [0.29, 0.717) is 13.0 Å². The Morgan fingerprint density at radius 3 is 1.25 bits per heavy atom. The summed E-state index contributed by atoms with van der Waals surface area (Å²) in [6, 6.07) is 0. The van der Waals surface area contributed by atoms with E-state index in [4.69, 9.17) is 23.7 Å². The molecule has 11 nitrogen and oxygen atoms in total. The van der Waals surface area contributed by atoms with Crippen molar-refractivity contribution in [3.63, 3.8) is 0 Å². The molecule has 0 amide bonds. The average molecular weight is 840 g/mol. The molecular formula is C48H93N3O8. The van der Waals surface area contributed by atoms with Gasteiger partial charge in [-0.25, -0.2) is 0 Å². The van der Waals surface area contributed by atoms with Crippen LogP contribution < -0.4 is 0 Å². The summed E-state index contributed by atoms with van der Waals surface area (Å²) >= 11 is 0. The second-order valence-corrected chi connectivity index (χ2v) is 17.4. The number of esters is 3. The maximum Gasteiger partial charge on any atom is 0.303 e. The molecule has 1 rings (SSSR count). The first-order valence-corrected chi connectivity index (χ1v) is 24.4. The zero-order valence-corrected chi connectivity index (χ0v) is 39.6. The Bertz CT molecular complexity index is 1030. The molecule has 1 saturated heterocycles.